The van der Waals surface area contributed by atoms with E-state index in [-0.39, 0.29) is 5.91 Å². The van der Waals surface area contributed by atoms with Crippen molar-refractivity contribution in [2.45, 2.75) is 26.8 Å². The molecule has 0 saturated carbocycles. The van der Waals surface area contributed by atoms with Crippen LogP contribution in [-0.4, -0.2) is 35.4 Å². The maximum atomic E-state index is 11.7. The Hall–Kier alpha value is -0.940. The fourth-order valence-electron chi connectivity index (χ4n) is 1.69. The van der Waals surface area contributed by atoms with E-state index in [2.05, 4.69) is 26.2 Å². The first-order chi connectivity index (χ1) is 8.67. The highest BCUT2D eigenvalue weighted by atomic mass is 79.9. The van der Waals surface area contributed by atoms with Crippen molar-refractivity contribution in [1.29, 1.82) is 0 Å². The molecule has 0 saturated heterocycles. The van der Waals surface area contributed by atoms with Gasteiger partial charge in [-0.2, -0.15) is 0 Å². The van der Waals surface area contributed by atoms with E-state index in [4.69, 9.17) is 0 Å². The molecule has 0 aliphatic heterocycles. The fourth-order valence-corrected chi connectivity index (χ4v) is 2.08. The zero-order valence-electron chi connectivity index (χ0n) is 10.9. The van der Waals surface area contributed by atoms with Crippen molar-refractivity contribution in [1.82, 2.24) is 15.2 Å². The Kier molecular flexibility index (Phi) is 6.90. The van der Waals surface area contributed by atoms with Crippen LogP contribution in [0.2, 0.25) is 0 Å². The average molecular weight is 314 g/mol. The maximum Gasteiger partial charge on any atom is 0.223 e. The minimum atomic E-state index is 0.203. The highest BCUT2D eigenvalue weighted by molar-refractivity contribution is 9.10. The van der Waals surface area contributed by atoms with Crippen LogP contribution >= 0.6 is 15.9 Å². The van der Waals surface area contributed by atoms with Crippen molar-refractivity contribution < 1.29 is 4.79 Å². The summed E-state index contributed by atoms with van der Waals surface area (Å²) in [5, 5.41) is 3.23. The fraction of sp³-hybridized carbons (Fsp3) is 0.538. The summed E-state index contributed by atoms with van der Waals surface area (Å²) < 4.78 is 0.834. The SMILES string of the molecule is CCN(CC)C(=O)CCNCc1cccc(Br)n1. The van der Waals surface area contributed by atoms with Gasteiger partial charge in [0.05, 0.1) is 5.69 Å². The second-order valence-corrected chi connectivity index (χ2v) is 4.76. The molecule has 4 nitrogen and oxygen atoms in total. The molecule has 0 aliphatic carbocycles. The molecule has 0 radical (unpaired) electrons. The van der Waals surface area contributed by atoms with Gasteiger partial charge in [-0.15, -0.1) is 0 Å². The molecule has 5 heteroatoms. The minimum absolute atomic E-state index is 0.203. The van der Waals surface area contributed by atoms with E-state index in [1.807, 2.05) is 36.9 Å². The Bertz CT molecular complexity index is 380. The third kappa shape index (κ3) is 5.14. The standard InChI is InChI=1S/C13H20BrN3O/c1-3-17(4-2)13(18)8-9-15-10-11-6-5-7-12(14)16-11/h5-7,15H,3-4,8-10H2,1-2H3. The van der Waals surface area contributed by atoms with Crippen molar-refractivity contribution in [3.8, 4) is 0 Å². The lowest BCUT2D eigenvalue weighted by atomic mass is 10.3. The second kappa shape index (κ2) is 8.21. The smallest absolute Gasteiger partial charge is 0.223 e. The number of hydrogen-bond donors (Lipinski definition) is 1. The van der Waals surface area contributed by atoms with Crippen LogP contribution in [0.3, 0.4) is 0 Å². The first kappa shape index (κ1) is 15.1. The van der Waals surface area contributed by atoms with Gasteiger partial charge in [0.15, 0.2) is 0 Å². The number of carbonyl (C=O) groups excluding carboxylic acids is 1. The quantitative estimate of drug-likeness (QED) is 0.620. The minimum Gasteiger partial charge on any atom is -0.343 e. The van der Waals surface area contributed by atoms with Crippen LogP contribution in [0.25, 0.3) is 0 Å². The number of halogens is 1. The van der Waals surface area contributed by atoms with E-state index in [9.17, 15) is 4.79 Å². The summed E-state index contributed by atoms with van der Waals surface area (Å²) in [4.78, 5) is 17.9. The molecule has 1 aromatic rings. The Morgan fingerprint density at radius 3 is 2.72 bits per heavy atom. The normalized spacial score (nSPS) is 10.4. The van der Waals surface area contributed by atoms with Gasteiger partial charge in [0.1, 0.15) is 4.60 Å². The van der Waals surface area contributed by atoms with Gasteiger partial charge in [0, 0.05) is 32.6 Å². The van der Waals surface area contributed by atoms with Crippen LogP contribution in [0, 0.1) is 0 Å². The number of amides is 1. The summed E-state index contributed by atoms with van der Waals surface area (Å²) in [6.45, 7) is 6.93. The summed E-state index contributed by atoms with van der Waals surface area (Å²) in [6.07, 6.45) is 0.537. The summed E-state index contributed by atoms with van der Waals surface area (Å²) in [6, 6.07) is 5.81. The monoisotopic (exact) mass is 313 g/mol. The van der Waals surface area contributed by atoms with Gasteiger partial charge >= 0.3 is 0 Å². The van der Waals surface area contributed by atoms with Gasteiger partial charge in [-0.1, -0.05) is 6.07 Å². The van der Waals surface area contributed by atoms with Crippen LogP contribution in [0.1, 0.15) is 26.0 Å². The van der Waals surface area contributed by atoms with Crippen LogP contribution in [-0.2, 0) is 11.3 Å². The average Bonchev–Trinajstić information content (AvgIpc) is 2.36. The molecule has 1 rings (SSSR count). The molecular formula is C13H20BrN3O. The van der Waals surface area contributed by atoms with Crippen molar-refractivity contribution in [2.24, 2.45) is 0 Å². The molecule has 0 unspecified atom stereocenters. The van der Waals surface area contributed by atoms with Gasteiger partial charge in [-0.3, -0.25) is 4.79 Å². The third-order valence-electron chi connectivity index (χ3n) is 2.71. The number of nitrogens with zero attached hydrogens (tertiary/aromatic N) is 2. The number of aromatic nitrogens is 1. The highest BCUT2D eigenvalue weighted by Crippen LogP contribution is 2.05. The lowest BCUT2D eigenvalue weighted by Crippen LogP contribution is -2.32. The molecule has 1 amide bonds. The Morgan fingerprint density at radius 2 is 2.11 bits per heavy atom. The van der Waals surface area contributed by atoms with Gasteiger partial charge in [0.2, 0.25) is 5.91 Å². The van der Waals surface area contributed by atoms with Crippen molar-refractivity contribution in [3.05, 3.63) is 28.5 Å². The maximum absolute atomic E-state index is 11.7. The zero-order valence-corrected chi connectivity index (χ0v) is 12.5. The van der Waals surface area contributed by atoms with Gasteiger partial charge in [-0.25, -0.2) is 4.98 Å². The van der Waals surface area contributed by atoms with E-state index >= 15 is 0 Å². The molecular weight excluding hydrogens is 294 g/mol. The molecule has 0 atom stereocenters. The molecule has 100 valence electrons. The molecule has 1 N–H and O–H groups in total. The van der Waals surface area contributed by atoms with E-state index < -0.39 is 0 Å². The van der Waals surface area contributed by atoms with Gasteiger partial charge in [0.25, 0.3) is 0 Å². The second-order valence-electron chi connectivity index (χ2n) is 3.94. The molecule has 0 bridgehead atoms. The largest absolute Gasteiger partial charge is 0.343 e. The van der Waals surface area contributed by atoms with Crippen molar-refractivity contribution in [2.75, 3.05) is 19.6 Å². The first-order valence-electron chi connectivity index (χ1n) is 6.27. The van der Waals surface area contributed by atoms with Crippen LogP contribution in [0.15, 0.2) is 22.8 Å². The number of carbonyl (C=O) groups is 1. The Balaban J connectivity index is 2.24. The zero-order chi connectivity index (χ0) is 13.4. The molecule has 0 spiro atoms. The number of pyridine rings is 1. The predicted molar refractivity (Wildman–Crippen MR) is 76.2 cm³/mol. The van der Waals surface area contributed by atoms with Crippen LogP contribution in [0.5, 0.6) is 0 Å². The molecule has 0 aromatic carbocycles. The van der Waals surface area contributed by atoms with E-state index in [0.717, 1.165) is 23.4 Å². The van der Waals surface area contributed by atoms with Crippen LogP contribution < -0.4 is 5.32 Å². The highest BCUT2D eigenvalue weighted by Gasteiger charge is 2.08. The van der Waals surface area contributed by atoms with Crippen LogP contribution in [0.4, 0.5) is 0 Å². The molecule has 0 fully saturated rings. The lowest BCUT2D eigenvalue weighted by molar-refractivity contribution is -0.130. The van der Waals surface area contributed by atoms with Gasteiger partial charge in [-0.05, 0) is 41.9 Å². The molecule has 0 aliphatic rings. The number of nitrogens with one attached hydrogen (secondary N) is 1. The summed E-state index contributed by atoms with van der Waals surface area (Å²) in [5.41, 5.74) is 0.972. The van der Waals surface area contributed by atoms with E-state index in [0.29, 0.717) is 19.5 Å². The van der Waals surface area contributed by atoms with E-state index in [1.165, 1.54) is 0 Å². The first-order valence-corrected chi connectivity index (χ1v) is 7.06. The molecule has 18 heavy (non-hydrogen) atoms. The summed E-state index contributed by atoms with van der Waals surface area (Å²) >= 11 is 3.33. The topological polar surface area (TPSA) is 45.2 Å². The van der Waals surface area contributed by atoms with E-state index in [1.54, 1.807) is 0 Å². The lowest BCUT2D eigenvalue weighted by Gasteiger charge is -2.18. The molecule has 1 heterocycles. The van der Waals surface area contributed by atoms with Gasteiger partial charge < -0.3 is 10.2 Å². The third-order valence-corrected chi connectivity index (χ3v) is 3.15. The summed E-state index contributed by atoms with van der Waals surface area (Å²) in [5.74, 6) is 0.203. The van der Waals surface area contributed by atoms with Crippen molar-refractivity contribution >= 4 is 21.8 Å². The predicted octanol–water partition coefficient (Wildman–Crippen LogP) is 2.19. The Morgan fingerprint density at radius 1 is 1.39 bits per heavy atom. The summed E-state index contributed by atoms with van der Waals surface area (Å²) in [7, 11) is 0. The molecule has 1 aromatic heterocycles. The Labute approximate surface area is 117 Å². The number of rotatable bonds is 7. The van der Waals surface area contributed by atoms with Crippen molar-refractivity contribution in [3.63, 3.8) is 0 Å². The number of hydrogen-bond acceptors (Lipinski definition) is 3.